The van der Waals surface area contributed by atoms with Crippen molar-refractivity contribution >= 4 is 35.3 Å². The second kappa shape index (κ2) is 14.1. The lowest BCUT2D eigenvalue weighted by Crippen LogP contribution is -2.48. The highest BCUT2D eigenvalue weighted by Crippen LogP contribution is 2.42. The number of hydrogen-bond donors (Lipinski definition) is 1. The number of rotatable bonds is 9. The van der Waals surface area contributed by atoms with Gasteiger partial charge in [0.05, 0.1) is 17.1 Å². The first-order valence-electron chi connectivity index (χ1n) is 15.2. The minimum Gasteiger partial charge on any atom is -0.351 e. The number of thioether (sulfide) groups is 1. The molecule has 44 heavy (non-hydrogen) atoms. The summed E-state index contributed by atoms with van der Waals surface area (Å²) in [4.78, 5) is 35.0. The average Bonchev–Trinajstić information content (AvgIpc) is 3.05. The molecule has 224 valence electrons. The molecule has 4 aromatic carbocycles. The van der Waals surface area contributed by atoms with Crippen LogP contribution in [-0.4, -0.2) is 60.9 Å². The third-order valence-electron chi connectivity index (χ3n) is 8.15. The van der Waals surface area contributed by atoms with Crippen LogP contribution in [0.2, 0.25) is 0 Å². The Kier molecular flexibility index (Phi) is 9.56. The molecule has 0 unspecified atom stereocenters. The molecule has 1 saturated heterocycles. The lowest BCUT2D eigenvalue weighted by molar-refractivity contribution is -0.114. The van der Waals surface area contributed by atoms with Gasteiger partial charge in [0.1, 0.15) is 0 Å². The molecule has 1 N–H and O–H groups in total. The average molecular weight is 603 g/mol. The molecule has 6 rings (SSSR count). The lowest BCUT2D eigenvalue weighted by atomic mass is 10.1. The minimum atomic E-state index is -0.0757. The predicted molar refractivity (Wildman–Crippen MR) is 180 cm³/mol. The van der Waals surface area contributed by atoms with Crippen LogP contribution < -0.4 is 10.2 Å². The number of amides is 2. The number of piperazine rings is 1. The number of hydrogen-bond acceptors (Lipinski definition) is 5. The van der Waals surface area contributed by atoms with E-state index in [0.717, 1.165) is 61.0 Å². The fraction of sp³-hybridized carbons (Fsp3) is 0.243. The van der Waals surface area contributed by atoms with Crippen molar-refractivity contribution in [3.63, 3.8) is 0 Å². The molecular weight excluding hydrogens is 565 g/mol. The Morgan fingerprint density at radius 1 is 0.795 bits per heavy atom. The molecular formula is C37H38N4O2S. The van der Waals surface area contributed by atoms with Crippen molar-refractivity contribution in [3.8, 4) is 0 Å². The number of nitrogens with zero attached hydrogens (tertiary/aromatic N) is 3. The highest BCUT2D eigenvalue weighted by Gasteiger charge is 2.29. The van der Waals surface area contributed by atoms with E-state index in [0.29, 0.717) is 23.6 Å². The fourth-order valence-electron chi connectivity index (χ4n) is 5.74. The van der Waals surface area contributed by atoms with Crippen molar-refractivity contribution in [2.75, 3.05) is 44.2 Å². The van der Waals surface area contributed by atoms with Crippen molar-refractivity contribution in [2.45, 2.75) is 24.9 Å². The molecule has 2 heterocycles. The zero-order chi connectivity index (χ0) is 30.3. The van der Waals surface area contributed by atoms with Gasteiger partial charge in [0.2, 0.25) is 0 Å². The number of aryl methyl sites for hydroxylation is 1. The second-order valence-corrected chi connectivity index (χ2v) is 12.5. The Hall–Kier alpha value is -4.17. The summed E-state index contributed by atoms with van der Waals surface area (Å²) in [5, 5.41) is 3.07. The molecule has 0 radical (unpaired) electrons. The Balaban J connectivity index is 1.03. The van der Waals surface area contributed by atoms with Crippen LogP contribution in [0.15, 0.2) is 113 Å². The van der Waals surface area contributed by atoms with Gasteiger partial charge in [-0.1, -0.05) is 96.2 Å². The number of para-hydroxylation sites is 1. The summed E-state index contributed by atoms with van der Waals surface area (Å²) in [5.74, 6) is -0.0915. The number of fused-ring (bicyclic) bond motifs is 1. The lowest BCUT2D eigenvalue weighted by Gasteiger charge is -2.34. The smallest absolute Gasteiger partial charge is 0.265 e. The Bertz CT molecular complexity index is 1630. The molecule has 0 aliphatic carbocycles. The Labute approximate surface area is 264 Å². The Morgan fingerprint density at radius 3 is 2.27 bits per heavy atom. The van der Waals surface area contributed by atoms with Gasteiger partial charge in [-0.3, -0.25) is 19.4 Å². The summed E-state index contributed by atoms with van der Waals surface area (Å²) in [6.45, 7) is 9.12. The van der Waals surface area contributed by atoms with Gasteiger partial charge in [0.25, 0.3) is 11.8 Å². The van der Waals surface area contributed by atoms with Gasteiger partial charge in [0, 0.05) is 56.3 Å². The first-order valence-corrected chi connectivity index (χ1v) is 16.1. The molecule has 0 spiro atoms. The quantitative estimate of drug-likeness (QED) is 0.231. The van der Waals surface area contributed by atoms with Gasteiger partial charge in [-0.2, -0.15) is 0 Å². The monoisotopic (exact) mass is 602 g/mol. The van der Waals surface area contributed by atoms with Crippen molar-refractivity contribution in [1.82, 2.24) is 15.1 Å². The third-order valence-corrected chi connectivity index (χ3v) is 9.23. The van der Waals surface area contributed by atoms with E-state index < -0.39 is 0 Å². The van der Waals surface area contributed by atoms with Crippen LogP contribution in [0, 0.1) is 6.92 Å². The van der Waals surface area contributed by atoms with Gasteiger partial charge in [-0.15, -0.1) is 0 Å². The maximum Gasteiger partial charge on any atom is 0.265 e. The van der Waals surface area contributed by atoms with E-state index in [1.807, 2.05) is 59.5 Å². The maximum atomic E-state index is 13.7. The normalized spacial score (nSPS) is 16.6. The maximum absolute atomic E-state index is 13.7. The molecule has 0 bridgehead atoms. The van der Waals surface area contributed by atoms with Crippen LogP contribution in [-0.2, 0) is 17.9 Å². The molecule has 4 aromatic rings. The zero-order valence-electron chi connectivity index (χ0n) is 25.1. The van der Waals surface area contributed by atoms with E-state index >= 15 is 0 Å². The highest BCUT2D eigenvalue weighted by molar-refractivity contribution is 8.04. The molecule has 6 nitrogen and oxygen atoms in total. The summed E-state index contributed by atoms with van der Waals surface area (Å²) >= 11 is 1.50. The number of benzene rings is 4. The largest absolute Gasteiger partial charge is 0.351 e. The van der Waals surface area contributed by atoms with Gasteiger partial charge >= 0.3 is 0 Å². The Morgan fingerprint density at radius 2 is 1.50 bits per heavy atom. The van der Waals surface area contributed by atoms with E-state index in [-0.39, 0.29) is 11.8 Å². The second-order valence-electron chi connectivity index (χ2n) is 11.4. The van der Waals surface area contributed by atoms with Gasteiger partial charge < -0.3 is 10.2 Å². The van der Waals surface area contributed by atoms with E-state index in [4.69, 9.17) is 0 Å². The predicted octanol–water partition coefficient (Wildman–Crippen LogP) is 6.22. The molecule has 7 heteroatoms. The van der Waals surface area contributed by atoms with E-state index in [2.05, 4.69) is 76.6 Å². The first-order chi connectivity index (χ1) is 21.5. The SMILES string of the molecule is Cc1cccc(CN2C(=O)/C(=C\c3ccc(C(=O)NCCN4CCN(Cc5ccccc5)CC4)cc3)Sc3ccccc32)c1. The summed E-state index contributed by atoms with van der Waals surface area (Å²) < 4.78 is 0. The molecule has 0 saturated carbocycles. The van der Waals surface area contributed by atoms with Crippen LogP contribution in [0.3, 0.4) is 0 Å². The van der Waals surface area contributed by atoms with E-state index in [1.165, 1.54) is 22.9 Å². The standard InChI is InChI=1S/C37H38N4O2S/c1-28-8-7-11-31(24-28)27-41-33-12-5-6-13-34(33)44-35(37(41)43)25-29-14-16-32(17-15-29)36(42)38-18-19-39-20-22-40(23-21-39)26-30-9-3-2-4-10-30/h2-17,24-25H,18-23,26-27H2,1H3,(H,38,42)/b35-25+. The summed E-state index contributed by atoms with van der Waals surface area (Å²) in [5.41, 5.74) is 6.06. The summed E-state index contributed by atoms with van der Waals surface area (Å²) in [6, 6.07) is 34.4. The molecule has 0 atom stereocenters. The molecule has 2 aliphatic heterocycles. The van der Waals surface area contributed by atoms with Gasteiger partial charge in [-0.05, 0) is 54.0 Å². The van der Waals surface area contributed by atoms with Crippen LogP contribution in [0.25, 0.3) is 6.08 Å². The van der Waals surface area contributed by atoms with Crippen molar-refractivity contribution < 1.29 is 9.59 Å². The van der Waals surface area contributed by atoms with Crippen LogP contribution in [0.5, 0.6) is 0 Å². The van der Waals surface area contributed by atoms with Crippen LogP contribution >= 0.6 is 11.8 Å². The molecule has 1 fully saturated rings. The van der Waals surface area contributed by atoms with Crippen molar-refractivity contribution in [1.29, 1.82) is 0 Å². The van der Waals surface area contributed by atoms with Gasteiger partial charge in [0.15, 0.2) is 0 Å². The van der Waals surface area contributed by atoms with Crippen LogP contribution in [0.1, 0.15) is 32.6 Å². The third kappa shape index (κ3) is 7.48. The van der Waals surface area contributed by atoms with Crippen molar-refractivity contribution in [2.24, 2.45) is 0 Å². The van der Waals surface area contributed by atoms with Gasteiger partial charge in [-0.25, -0.2) is 0 Å². The number of carbonyl (C=O) groups excluding carboxylic acids is 2. The fourth-order valence-corrected chi connectivity index (χ4v) is 6.80. The zero-order valence-corrected chi connectivity index (χ0v) is 25.9. The molecule has 2 aliphatic rings. The van der Waals surface area contributed by atoms with Crippen LogP contribution in [0.4, 0.5) is 5.69 Å². The topological polar surface area (TPSA) is 55.9 Å². The first kappa shape index (κ1) is 29.9. The molecule has 2 amide bonds. The molecule has 0 aromatic heterocycles. The van der Waals surface area contributed by atoms with Crippen molar-refractivity contribution in [3.05, 3.63) is 136 Å². The number of carbonyl (C=O) groups is 2. The number of nitrogens with one attached hydrogen (secondary N) is 1. The minimum absolute atomic E-state index is 0.0158. The summed E-state index contributed by atoms with van der Waals surface area (Å²) in [6.07, 6.45) is 1.92. The summed E-state index contributed by atoms with van der Waals surface area (Å²) in [7, 11) is 0. The van der Waals surface area contributed by atoms with E-state index in [9.17, 15) is 9.59 Å². The highest BCUT2D eigenvalue weighted by atomic mass is 32.2. The van der Waals surface area contributed by atoms with E-state index in [1.54, 1.807) is 0 Å². The number of anilines is 1.